The molecule has 0 amide bonds. The predicted octanol–water partition coefficient (Wildman–Crippen LogP) is 4.15. The van der Waals surface area contributed by atoms with E-state index in [0.717, 1.165) is 0 Å². The van der Waals surface area contributed by atoms with Gasteiger partial charge in [0.1, 0.15) is 16.2 Å². The van der Waals surface area contributed by atoms with E-state index in [-0.39, 0.29) is 11.4 Å². The first-order chi connectivity index (χ1) is 9.75. The quantitative estimate of drug-likeness (QED) is 0.807. The second kappa shape index (κ2) is 6.03. The summed E-state index contributed by atoms with van der Waals surface area (Å²) >= 11 is 3.25. The number of pyridine rings is 2. The summed E-state index contributed by atoms with van der Waals surface area (Å²) in [5, 5.41) is 12.9. The average molecular weight is 358 g/mol. The molecule has 0 atom stereocenters. The Morgan fingerprint density at radius 3 is 2.57 bits per heavy atom. The van der Waals surface area contributed by atoms with E-state index in [1.165, 1.54) is 18.3 Å². The van der Waals surface area contributed by atoms with Crippen LogP contribution in [-0.2, 0) is 5.60 Å². The van der Waals surface area contributed by atoms with E-state index in [2.05, 4.69) is 31.2 Å². The van der Waals surface area contributed by atoms with E-state index in [0.29, 0.717) is 16.0 Å². The summed E-state index contributed by atoms with van der Waals surface area (Å²) in [6, 6.07) is 5.85. The van der Waals surface area contributed by atoms with E-state index < -0.39 is 12.0 Å². The van der Waals surface area contributed by atoms with Gasteiger partial charge >= 0.3 is 0 Å². The lowest BCUT2D eigenvalue weighted by Crippen LogP contribution is -2.16. The number of hydrogen-bond donors (Lipinski definition) is 2. The van der Waals surface area contributed by atoms with Gasteiger partial charge in [-0.15, -0.1) is 0 Å². The molecule has 2 aromatic heterocycles. The molecule has 0 aromatic carbocycles. The molecular formula is C14H14BrF2N3O. The molecule has 0 bridgehead atoms. The molecule has 0 aliphatic carbocycles. The maximum Gasteiger partial charge on any atom is 0.264 e. The van der Waals surface area contributed by atoms with Gasteiger partial charge < -0.3 is 10.4 Å². The topological polar surface area (TPSA) is 58.0 Å². The highest BCUT2D eigenvalue weighted by atomic mass is 79.9. The van der Waals surface area contributed by atoms with Gasteiger partial charge in [0.2, 0.25) is 0 Å². The Morgan fingerprint density at radius 1 is 1.24 bits per heavy atom. The zero-order valence-electron chi connectivity index (χ0n) is 11.4. The van der Waals surface area contributed by atoms with Gasteiger partial charge in [0.15, 0.2) is 0 Å². The van der Waals surface area contributed by atoms with Gasteiger partial charge in [0.25, 0.3) is 6.43 Å². The van der Waals surface area contributed by atoms with Crippen LogP contribution in [0, 0.1) is 0 Å². The summed E-state index contributed by atoms with van der Waals surface area (Å²) in [7, 11) is 0. The van der Waals surface area contributed by atoms with E-state index in [9.17, 15) is 13.9 Å². The molecule has 0 fully saturated rings. The van der Waals surface area contributed by atoms with Crippen molar-refractivity contribution in [2.75, 3.05) is 5.32 Å². The van der Waals surface area contributed by atoms with Crippen LogP contribution in [0.25, 0.3) is 0 Å². The molecule has 4 nitrogen and oxygen atoms in total. The van der Waals surface area contributed by atoms with Crippen molar-refractivity contribution in [1.29, 1.82) is 0 Å². The molecular weight excluding hydrogens is 344 g/mol. The molecule has 0 unspecified atom stereocenters. The third-order valence-electron chi connectivity index (χ3n) is 2.79. The zero-order chi connectivity index (χ0) is 15.6. The molecule has 0 aliphatic heterocycles. The second-order valence-corrected chi connectivity index (χ2v) is 5.84. The Balaban J connectivity index is 2.31. The van der Waals surface area contributed by atoms with Crippen LogP contribution < -0.4 is 5.32 Å². The number of aromatic nitrogens is 2. The van der Waals surface area contributed by atoms with Gasteiger partial charge in [-0.3, -0.25) is 0 Å². The minimum absolute atomic E-state index is 0.120. The zero-order valence-corrected chi connectivity index (χ0v) is 13.0. The highest BCUT2D eigenvalue weighted by Gasteiger charge is 2.18. The maximum absolute atomic E-state index is 12.7. The van der Waals surface area contributed by atoms with Gasteiger partial charge in [0.05, 0.1) is 5.60 Å². The summed E-state index contributed by atoms with van der Waals surface area (Å²) in [4.78, 5) is 8.16. The molecule has 2 N–H and O–H groups in total. The van der Waals surface area contributed by atoms with Crippen molar-refractivity contribution in [3.05, 3.63) is 46.2 Å². The summed E-state index contributed by atoms with van der Waals surface area (Å²) in [5.41, 5.74) is -0.526. The Kier molecular flexibility index (Phi) is 4.53. The number of anilines is 2. The first-order valence-corrected chi connectivity index (χ1v) is 6.96. The minimum atomic E-state index is -2.56. The van der Waals surface area contributed by atoms with E-state index in [1.807, 2.05) is 0 Å². The smallest absolute Gasteiger partial charge is 0.264 e. The first kappa shape index (κ1) is 15.8. The van der Waals surface area contributed by atoms with Gasteiger partial charge in [-0.1, -0.05) is 0 Å². The lowest BCUT2D eigenvalue weighted by atomic mass is 10.00. The van der Waals surface area contributed by atoms with Crippen molar-refractivity contribution in [1.82, 2.24) is 9.97 Å². The molecule has 2 heterocycles. The Hall–Kier alpha value is -1.60. The largest absolute Gasteiger partial charge is 0.386 e. The van der Waals surface area contributed by atoms with Crippen molar-refractivity contribution in [2.45, 2.75) is 25.9 Å². The lowest BCUT2D eigenvalue weighted by molar-refractivity contribution is 0.0785. The maximum atomic E-state index is 12.7. The molecule has 2 rings (SSSR count). The van der Waals surface area contributed by atoms with Gasteiger partial charge in [-0.25, -0.2) is 18.7 Å². The van der Waals surface area contributed by atoms with Crippen LogP contribution in [-0.4, -0.2) is 15.1 Å². The highest BCUT2D eigenvalue weighted by Crippen LogP contribution is 2.27. The summed E-state index contributed by atoms with van der Waals surface area (Å²) in [6.45, 7) is 3.29. The lowest BCUT2D eigenvalue weighted by Gasteiger charge is -2.19. The fourth-order valence-electron chi connectivity index (χ4n) is 1.70. The Bertz CT molecular complexity index is 644. The third kappa shape index (κ3) is 4.18. The first-order valence-electron chi connectivity index (χ1n) is 6.17. The van der Waals surface area contributed by atoms with Crippen LogP contribution in [0.2, 0.25) is 0 Å². The molecule has 7 heteroatoms. The van der Waals surface area contributed by atoms with Crippen LogP contribution in [0.5, 0.6) is 0 Å². The molecule has 0 spiro atoms. The molecule has 0 radical (unpaired) electrons. The normalized spacial score (nSPS) is 11.8. The predicted molar refractivity (Wildman–Crippen MR) is 79.7 cm³/mol. The molecule has 0 saturated carbocycles. The number of hydrogen-bond acceptors (Lipinski definition) is 4. The number of nitrogens with zero attached hydrogens (tertiary/aromatic N) is 2. The highest BCUT2D eigenvalue weighted by molar-refractivity contribution is 9.10. The summed E-state index contributed by atoms with van der Waals surface area (Å²) in [5.74, 6) is 0.667. The SMILES string of the molecule is CC(C)(O)c1cc(Br)nc(Nc2cc(C(F)F)ccn2)c1. The van der Waals surface area contributed by atoms with Crippen LogP contribution in [0.1, 0.15) is 31.4 Å². The van der Waals surface area contributed by atoms with Crippen LogP contribution in [0.15, 0.2) is 35.1 Å². The fraction of sp³-hybridized carbons (Fsp3) is 0.286. The van der Waals surface area contributed by atoms with E-state index >= 15 is 0 Å². The second-order valence-electron chi connectivity index (χ2n) is 5.02. The Labute approximate surface area is 129 Å². The summed E-state index contributed by atoms with van der Waals surface area (Å²) in [6.07, 6.45) is -1.26. The van der Waals surface area contributed by atoms with Gasteiger partial charge in [-0.05, 0) is 59.6 Å². The number of alkyl halides is 2. The molecule has 21 heavy (non-hydrogen) atoms. The molecule has 0 aliphatic rings. The van der Waals surface area contributed by atoms with Crippen molar-refractivity contribution < 1.29 is 13.9 Å². The minimum Gasteiger partial charge on any atom is -0.386 e. The number of rotatable bonds is 4. The average Bonchev–Trinajstić information content (AvgIpc) is 2.37. The van der Waals surface area contributed by atoms with Crippen molar-refractivity contribution in [2.24, 2.45) is 0 Å². The van der Waals surface area contributed by atoms with Crippen LogP contribution >= 0.6 is 15.9 Å². The molecule has 112 valence electrons. The molecule has 2 aromatic rings. The number of halogens is 3. The van der Waals surface area contributed by atoms with Crippen molar-refractivity contribution >= 4 is 27.6 Å². The monoisotopic (exact) mass is 357 g/mol. The van der Waals surface area contributed by atoms with Gasteiger partial charge in [0, 0.05) is 11.8 Å². The van der Waals surface area contributed by atoms with E-state index in [4.69, 9.17) is 0 Å². The number of aliphatic hydroxyl groups is 1. The summed E-state index contributed by atoms with van der Waals surface area (Å²) < 4.78 is 25.8. The van der Waals surface area contributed by atoms with Gasteiger partial charge in [-0.2, -0.15) is 0 Å². The van der Waals surface area contributed by atoms with Crippen LogP contribution in [0.4, 0.5) is 20.4 Å². The standard InChI is InChI=1S/C14H14BrF2N3O/c1-14(2,21)9-6-10(15)19-12(7-9)20-11-5-8(13(16)17)3-4-18-11/h3-7,13,21H,1-2H3,(H,18,19,20). The molecule has 0 saturated heterocycles. The van der Waals surface area contributed by atoms with Crippen molar-refractivity contribution in [3.63, 3.8) is 0 Å². The number of nitrogens with one attached hydrogen (secondary N) is 1. The fourth-order valence-corrected chi connectivity index (χ4v) is 2.13. The Morgan fingerprint density at radius 2 is 1.95 bits per heavy atom. The third-order valence-corrected chi connectivity index (χ3v) is 3.20. The van der Waals surface area contributed by atoms with E-state index in [1.54, 1.807) is 26.0 Å². The van der Waals surface area contributed by atoms with Crippen LogP contribution in [0.3, 0.4) is 0 Å². The van der Waals surface area contributed by atoms with Crippen molar-refractivity contribution in [3.8, 4) is 0 Å².